The molecule has 3 unspecified atom stereocenters. The number of hydrogen-bond acceptors (Lipinski definition) is 2. The molecule has 0 saturated heterocycles. The Morgan fingerprint density at radius 2 is 2.00 bits per heavy atom. The van der Waals surface area contributed by atoms with Crippen LogP contribution in [0.15, 0.2) is 24.3 Å². The minimum atomic E-state index is 0.428. The maximum absolute atomic E-state index is 5.82. The smallest absolute Gasteiger partial charge is 0.0279 e. The molecule has 1 aliphatic rings. The standard InChI is InChI=1S/C17H28N2/c1-3-14-5-4-6-16(11-14)17(19-18)12-15-9-7-13(2)8-10-15/h7-10,14,16-17,19H,3-6,11-12,18H2,1-2H3. The fraction of sp³-hybridized carbons (Fsp3) is 0.647. The Hall–Kier alpha value is -0.860. The van der Waals surface area contributed by atoms with Crippen LogP contribution in [0.25, 0.3) is 0 Å². The van der Waals surface area contributed by atoms with Crippen LogP contribution in [0.2, 0.25) is 0 Å². The van der Waals surface area contributed by atoms with E-state index >= 15 is 0 Å². The molecule has 0 aliphatic heterocycles. The summed E-state index contributed by atoms with van der Waals surface area (Å²) in [6.45, 7) is 4.45. The van der Waals surface area contributed by atoms with Gasteiger partial charge in [-0.3, -0.25) is 11.3 Å². The molecule has 3 N–H and O–H groups in total. The first-order valence-electron chi connectivity index (χ1n) is 7.74. The van der Waals surface area contributed by atoms with Crippen LogP contribution in [0.5, 0.6) is 0 Å². The number of hydrazine groups is 1. The van der Waals surface area contributed by atoms with E-state index in [0.717, 1.165) is 18.3 Å². The first-order valence-corrected chi connectivity index (χ1v) is 7.74. The highest BCUT2D eigenvalue weighted by atomic mass is 15.2. The van der Waals surface area contributed by atoms with Gasteiger partial charge < -0.3 is 0 Å². The van der Waals surface area contributed by atoms with Gasteiger partial charge >= 0.3 is 0 Å². The third-order valence-electron chi connectivity index (χ3n) is 4.76. The molecule has 0 heterocycles. The van der Waals surface area contributed by atoms with Crippen LogP contribution in [0, 0.1) is 18.8 Å². The Bertz CT molecular complexity index is 371. The summed E-state index contributed by atoms with van der Waals surface area (Å²) in [6, 6.07) is 9.29. The van der Waals surface area contributed by atoms with Crippen molar-refractivity contribution in [1.82, 2.24) is 5.43 Å². The second kappa shape index (κ2) is 7.06. The lowest BCUT2D eigenvalue weighted by atomic mass is 9.75. The van der Waals surface area contributed by atoms with Crippen LogP contribution in [-0.4, -0.2) is 6.04 Å². The molecular formula is C17H28N2. The molecule has 1 fully saturated rings. The third-order valence-corrected chi connectivity index (χ3v) is 4.76. The van der Waals surface area contributed by atoms with Crippen LogP contribution in [0.3, 0.4) is 0 Å². The van der Waals surface area contributed by atoms with E-state index in [0.29, 0.717) is 6.04 Å². The van der Waals surface area contributed by atoms with Crippen molar-refractivity contribution >= 4 is 0 Å². The van der Waals surface area contributed by atoms with Gasteiger partial charge in [-0.2, -0.15) is 0 Å². The predicted octanol–water partition coefficient (Wildman–Crippen LogP) is 3.59. The van der Waals surface area contributed by atoms with Gasteiger partial charge in [-0.1, -0.05) is 56.0 Å². The normalized spacial score (nSPS) is 25.2. The lowest BCUT2D eigenvalue weighted by Crippen LogP contribution is -2.44. The summed E-state index contributed by atoms with van der Waals surface area (Å²) in [6.07, 6.45) is 7.83. The largest absolute Gasteiger partial charge is 0.271 e. The molecule has 0 spiro atoms. The van der Waals surface area contributed by atoms with Gasteiger partial charge in [0.2, 0.25) is 0 Å². The third kappa shape index (κ3) is 4.05. The van der Waals surface area contributed by atoms with Crippen molar-refractivity contribution < 1.29 is 0 Å². The predicted molar refractivity (Wildman–Crippen MR) is 81.7 cm³/mol. The van der Waals surface area contributed by atoms with Crippen LogP contribution >= 0.6 is 0 Å². The molecule has 2 heteroatoms. The minimum Gasteiger partial charge on any atom is -0.271 e. The molecule has 0 amide bonds. The molecule has 0 radical (unpaired) electrons. The van der Waals surface area contributed by atoms with Crippen molar-refractivity contribution in [3.8, 4) is 0 Å². The minimum absolute atomic E-state index is 0.428. The highest BCUT2D eigenvalue weighted by molar-refractivity contribution is 5.22. The van der Waals surface area contributed by atoms with Crippen LogP contribution < -0.4 is 11.3 Å². The van der Waals surface area contributed by atoms with Crippen molar-refractivity contribution in [3.63, 3.8) is 0 Å². The zero-order valence-electron chi connectivity index (χ0n) is 12.4. The zero-order valence-corrected chi connectivity index (χ0v) is 12.4. The molecular weight excluding hydrogens is 232 g/mol. The Labute approximate surface area is 117 Å². The van der Waals surface area contributed by atoms with Gasteiger partial charge in [0.25, 0.3) is 0 Å². The van der Waals surface area contributed by atoms with Crippen molar-refractivity contribution in [2.75, 3.05) is 0 Å². The molecule has 0 bridgehead atoms. The van der Waals surface area contributed by atoms with Gasteiger partial charge in [0.05, 0.1) is 0 Å². The van der Waals surface area contributed by atoms with Gasteiger partial charge in [0, 0.05) is 6.04 Å². The van der Waals surface area contributed by atoms with Crippen molar-refractivity contribution in [3.05, 3.63) is 35.4 Å². The molecule has 3 atom stereocenters. The second-order valence-corrected chi connectivity index (χ2v) is 6.16. The van der Waals surface area contributed by atoms with E-state index in [1.54, 1.807) is 0 Å². The molecule has 0 aromatic heterocycles. The zero-order chi connectivity index (χ0) is 13.7. The summed E-state index contributed by atoms with van der Waals surface area (Å²) in [5.74, 6) is 7.47. The van der Waals surface area contributed by atoms with Crippen LogP contribution in [0.1, 0.15) is 50.2 Å². The van der Waals surface area contributed by atoms with E-state index in [1.165, 1.54) is 43.2 Å². The maximum atomic E-state index is 5.82. The number of hydrogen-bond donors (Lipinski definition) is 2. The van der Waals surface area contributed by atoms with E-state index in [9.17, 15) is 0 Å². The molecule has 106 valence electrons. The highest BCUT2D eigenvalue weighted by Gasteiger charge is 2.27. The summed E-state index contributed by atoms with van der Waals surface area (Å²) >= 11 is 0. The van der Waals surface area contributed by atoms with Crippen LogP contribution in [0.4, 0.5) is 0 Å². The summed E-state index contributed by atoms with van der Waals surface area (Å²) in [5, 5.41) is 0. The first-order chi connectivity index (χ1) is 9.22. The fourth-order valence-corrected chi connectivity index (χ4v) is 3.41. The van der Waals surface area contributed by atoms with Crippen molar-refractivity contribution in [2.24, 2.45) is 17.7 Å². The maximum Gasteiger partial charge on any atom is 0.0279 e. The highest BCUT2D eigenvalue weighted by Crippen LogP contribution is 2.33. The number of nitrogens with one attached hydrogen (secondary N) is 1. The molecule has 2 nitrogen and oxygen atoms in total. The quantitative estimate of drug-likeness (QED) is 0.627. The number of nitrogens with two attached hydrogens (primary N) is 1. The summed E-state index contributed by atoms with van der Waals surface area (Å²) in [4.78, 5) is 0. The second-order valence-electron chi connectivity index (χ2n) is 6.16. The van der Waals surface area contributed by atoms with Crippen LogP contribution in [-0.2, 0) is 6.42 Å². The summed E-state index contributed by atoms with van der Waals surface area (Å²) in [5.41, 5.74) is 5.80. The molecule has 2 rings (SSSR count). The van der Waals surface area contributed by atoms with E-state index in [4.69, 9.17) is 5.84 Å². The van der Waals surface area contributed by atoms with Crippen molar-refractivity contribution in [1.29, 1.82) is 0 Å². The summed E-state index contributed by atoms with van der Waals surface area (Å²) < 4.78 is 0. The number of aryl methyl sites for hydroxylation is 1. The molecule has 1 aliphatic carbocycles. The lowest BCUT2D eigenvalue weighted by Gasteiger charge is -2.34. The Kier molecular flexibility index (Phi) is 5.41. The molecule has 19 heavy (non-hydrogen) atoms. The van der Waals surface area contributed by atoms with Crippen molar-refractivity contribution in [2.45, 2.75) is 58.4 Å². The number of benzene rings is 1. The van der Waals surface area contributed by atoms with Gasteiger partial charge in [0.15, 0.2) is 0 Å². The Morgan fingerprint density at radius 3 is 2.63 bits per heavy atom. The molecule has 1 saturated carbocycles. The van der Waals surface area contributed by atoms with Gasteiger partial charge in [-0.15, -0.1) is 0 Å². The van der Waals surface area contributed by atoms with Gasteiger partial charge in [-0.25, -0.2) is 0 Å². The topological polar surface area (TPSA) is 38.0 Å². The average molecular weight is 260 g/mol. The fourth-order valence-electron chi connectivity index (χ4n) is 3.41. The Balaban J connectivity index is 1.97. The first kappa shape index (κ1) is 14.5. The van der Waals surface area contributed by atoms with E-state index in [1.807, 2.05) is 0 Å². The van der Waals surface area contributed by atoms with E-state index in [2.05, 4.69) is 43.5 Å². The summed E-state index contributed by atoms with van der Waals surface area (Å²) in [7, 11) is 0. The van der Waals surface area contributed by atoms with E-state index in [-0.39, 0.29) is 0 Å². The van der Waals surface area contributed by atoms with E-state index < -0.39 is 0 Å². The monoisotopic (exact) mass is 260 g/mol. The molecule has 1 aromatic carbocycles. The van der Waals surface area contributed by atoms with Gasteiger partial charge in [0.1, 0.15) is 0 Å². The average Bonchev–Trinajstić information content (AvgIpc) is 2.46. The number of rotatable bonds is 5. The molecule has 1 aromatic rings. The van der Waals surface area contributed by atoms with Gasteiger partial charge in [-0.05, 0) is 43.6 Å². The Morgan fingerprint density at radius 1 is 1.26 bits per heavy atom. The SMILES string of the molecule is CCC1CCCC(C(Cc2ccc(C)cc2)NN)C1. The lowest BCUT2D eigenvalue weighted by molar-refractivity contribution is 0.208.